The standard InChI is InChI=1S/C13H27NO4/c1-17-9-11(15)7-14-8-12(16)10-18-13-5-3-2-4-6-13/h11-16H,2-10H2,1H3. The molecule has 5 nitrogen and oxygen atoms in total. The molecule has 0 aromatic rings. The zero-order chi connectivity index (χ0) is 13.2. The average Bonchev–Trinajstić information content (AvgIpc) is 2.38. The van der Waals surface area contributed by atoms with Crippen LogP contribution in [0.2, 0.25) is 0 Å². The molecule has 108 valence electrons. The maximum atomic E-state index is 9.72. The van der Waals surface area contributed by atoms with Crippen molar-refractivity contribution in [1.29, 1.82) is 0 Å². The summed E-state index contributed by atoms with van der Waals surface area (Å²) in [5, 5.41) is 22.1. The molecule has 0 aromatic heterocycles. The fourth-order valence-corrected chi connectivity index (χ4v) is 2.21. The highest BCUT2D eigenvalue weighted by atomic mass is 16.5. The van der Waals surface area contributed by atoms with Crippen LogP contribution in [0.3, 0.4) is 0 Å². The Morgan fingerprint density at radius 2 is 1.67 bits per heavy atom. The number of methoxy groups -OCH3 is 1. The summed E-state index contributed by atoms with van der Waals surface area (Å²) in [6.45, 7) is 1.54. The van der Waals surface area contributed by atoms with Crippen molar-refractivity contribution in [2.45, 2.75) is 50.4 Å². The molecule has 1 saturated carbocycles. The van der Waals surface area contributed by atoms with Gasteiger partial charge in [0.1, 0.15) is 0 Å². The monoisotopic (exact) mass is 261 g/mol. The van der Waals surface area contributed by atoms with Gasteiger partial charge in [-0.05, 0) is 12.8 Å². The highest BCUT2D eigenvalue weighted by Gasteiger charge is 2.15. The molecule has 0 radical (unpaired) electrons. The van der Waals surface area contributed by atoms with Gasteiger partial charge in [0.05, 0.1) is 31.5 Å². The predicted octanol–water partition coefficient (Wildman–Crippen LogP) is 0.294. The van der Waals surface area contributed by atoms with Crippen LogP contribution in [0.5, 0.6) is 0 Å². The van der Waals surface area contributed by atoms with Gasteiger partial charge in [-0.2, -0.15) is 0 Å². The van der Waals surface area contributed by atoms with Crippen LogP contribution in [0.1, 0.15) is 32.1 Å². The molecular formula is C13H27NO4. The minimum atomic E-state index is -0.526. The van der Waals surface area contributed by atoms with Crippen LogP contribution in [0.4, 0.5) is 0 Å². The third-order valence-corrected chi connectivity index (χ3v) is 3.20. The molecule has 0 saturated heterocycles. The molecular weight excluding hydrogens is 234 g/mol. The van der Waals surface area contributed by atoms with E-state index in [1.807, 2.05) is 0 Å². The summed E-state index contributed by atoms with van der Waals surface area (Å²) in [7, 11) is 1.55. The van der Waals surface area contributed by atoms with E-state index in [9.17, 15) is 10.2 Å². The first-order valence-electron chi connectivity index (χ1n) is 6.89. The summed E-state index contributed by atoms with van der Waals surface area (Å²) in [4.78, 5) is 0. The number of nitrogens with one attached hydrogen (secondary N) is 1. The largest absolute Gasteiger partial charge is 0.389 e. The van der Waals surface area contributed by atoms with Gasteiger partial charge in [-0.15, -0.1) is 0 Å². The molecule has 2 unspecified atom stereocenters. The maximum Gasteiger partial charge on any atom is 0.0897 e. The zero-order valence-corrected chi connectivity index (χ0v) is 11.3. The van der Waals surface area contributed by atoms with E-state index in [-0.39, 0.29) is 0 Å². The lowest BCUT2D eigenvalue weighted by atomic mass is 9.98. The van der Waals surface area contributed by atoms with E-state index in [1.165, 1.54) is 19.3 Å². The van der Waals surface area contributed by atoms with E-state index >= 15 is 0 Å². The Hall–Kier alpha value is -0.200. The molecule has 0 amide bonds. The molecule has 0 aromatic carbocycles. The quantitative estimate of drug-likeness (QED) is 0.556. The van der Waals surface area contributed by atoms with Crippen molar-refractivity contribution in [3.05, 3.63) is 0 Å². The maximum absolute atomic E-state index is 9.72. The molecule has 18 heavy (non-hydrogen) atoms. The number of rotatable bonds is 9. The SMILES string of the molecule is COCC(O)CNCC(O)COC1CCCCC1. The van der Waals surface area contributed by atoms with Gasteiger partial charge in [0, 0.05) is 20.2 Å². The molecule has 1 aliphatic rings. The minimum absolute atomic E-state index is 0.307. The highest BCUT2D eigenvalue weighted by molar-refractivity contribution is 4.67. The van der Waals surface area contributed by atoms with Crippen LogP contribution in [0.25, 0.3) is 0 Å². The van der Waals surface area contributed by atoms with Gasteiger partial charge in [0.25, 0.3) is 0 Å². The molecule has 0 spiro atoms. The van der Waals surface area contributed by atoms with Gasteiger partial charge >= 0.3 is 0 Å². The Labute approximate surface area is 109 Å². The summed E-state index contributed by atoms with van der Waals surface area (Å²) in [6, 6.07) is 0. The molecule has 1 rings (SSSR count). The summed E-state index contributed by atoms with van der Waals surface area (Å²) < 4.78 is 10.5. The smallest absolute Gasteiger partial charge is 0.0897 e. The Morgan fingerprint density at radius 1 is 1.06 bits per heavy atom. The topological polar surface area (TPSA) is 71.0 Å². The first-order valence-corrected chi connectivity index (χ1v) is 6.89. The van der Waals surface area contributed by atoms with Crippen molar-refractivity contribution in [3.63, 3.8) is 0 Å². The van der Waals surface area contributed by atoms with Gasteiger partial charge in [-0.25, -0.2) is 0 Å². The van der Waals surface area contributed by atoms with Crippen molar-refractivity contribution >= 4 is 0 Å². The lowest BCUT2D eigenvalue weighted by Crippen LogP contribution is -2.37. The molecule has 5 heteroatoms. The summed E-state index contributed by atoms with van der Waals surface area (Å²) in [5.41, 5.74) is 0. The van der Waals surface area contributed by atoms with E-state index in [1.54, 1.807) is 7.11 Å². The van der Waals surface area contributed by atoms with Crippen LogP contribution in [0.15, 0.2) is 0 Å². The Kier molecular flexibility index (Phi) is 8.54. The molecule has 1 aliphatic carbocycles. The van der Waals surface area contributed by atoms with Gasteiger partial charge in [0.2, 0.25) is 0 Å². The van der Waals surface area contributed by atoms with E-state index in [0.717, 1.165) is 12.8 Å². The molecule has 0 bridgehead atoms. The van der Waals surface area contributed by atoms with E-state index in [2.05, 4.69) is 5.32 Å². The van der Waals surface area contributed by atoms with Crippen LogP contribution >= 0.6 is 0 Å². The fourth-order valence-electron chi connectivity index (χ4n) is 2.21. The van der Waals surface area contributed by atoms with Gasteiger partial charge in [-0.1, -0.05) is 19.3 Å². The van der Waals surface area contributed by atoms with Crippen LogP contribution < -0.4 is 5.32 Å². The lowest BCUT2D eigenvalue weighted by Gasteiger charge is -2.23. The summed E-state index contributed by atoms with van der Waals surface area (Å²) in [5.74, 6) is 0. The third kappa shape index (κ3) is 7.28. The second kappa shape index (κ2) is 9.69. The number of ether oxygens (including phenoxy) is 2. The molecule has 3 N–H and O–H groups in total. The van der Waals surface area contributed by atoms with Crippen molar-refractivity contribution in [3.8, 4) is 0 Å². The van der Waals surface area contributed by atoms with Gasteiger partial charge in [0.15, 0.2) is 0 Å². The van der Waals surface area contributed by atoms with Gasteiger partial charge < -0.3 is 25.0 Å². The van der Waals surface area contributed by atoms with Crippen molar-refractivity contribution in [1.82, 2.24) is 5.32 Å². The normalized spacial score (nSPS) is 20.8. The van der Waals surface area contributed by atoms with Crippen LogP contribution in [0, 0.1) is 0 Å². The molecule has 0 heterocycles. The number of hydrogen-bond acceptors (Lipinski definition) is 5. The van der Waals surface area contributed by atoms with Crippen LogP contribution in [-0.4, -0.2) is 61.9 Å². The van der Waals surface area contributed by atoms with Gasteiger partial charge in [-0.3, -0.25) is 0 Å². The Morgan fingerprint density at radius 3 is 2.28 bits per heavy atom. The predicted molar refractivity (Wildman–Crippen MR) is 69.6 cm³/mol. The molecule has 2 atom stereocenters. The Balaban J connectivity index is 1.97. The second-order valence-electron chi connectivity index (χ2n) is 5.01. The number of aliphatic hydroxyl groups excluding tert-OH is 2. The van der Waals surface area contributed by atoms with E-state index in [4.69, 9.17) is 9.47 Å². The number of aliphatic hydroxyl groups is 2. The fraction of sp³-hybridized carbons (Fsp3) is 1.00. The zero-order valence-electron chi connectivity index (χ0n) is 11.3. The van der Waals surface area contributed by atoms with E-state index in [0.29, 0.717) is 32.4 Å². The van der Waals surface area contributed by atoms with Crippen molar-refractivity contribution in [2.24, 2.45) is 0 Å². The summed E-state index contributed by atoms with van der Waals surface area (Å²) in [6.07, 6.45) is 5.31. The third-order valence-electron chi connectivity index (χ3n) is 3.20. The Bertz CT molecular complexity index is 197. The first kappa shape index (κ1) is 15.9. The van der Waals surface area contributed by atoms with Crippen LogP contribution in [-0.2, 0) is 9.47 Å². The second-order valence-corrected chi connectivity index (χ2v) is 5.01. The highest BCUT2D eigenvalue weighted by Crippen LogP contribution is 2.20. The van der Waals surface area contributed by atoms with Crippen molar-refractivity contribution < 1.29 is 19.7 Å². The average molecular weight is 261 g/mol. The van der Waals surface area contributed by atoms with E-state index < -0.39 is 12.2 Å². The molecule has 0 aliphatic heterocycles. The van der Waals surface area contributed by atoms with Crippen molar-refractivity contribution in [2.75, 3.05) is 33.4 Å². The molecule has 1 fully saturated rings. The minimum Gasteiger partial charge on any atom is -0.389 e. The summed E-state index contributed by atoms with van der Waals surface area (Å²) >= 11 is 0. The number of hydrogen-bond donors (Lipinski definition) is 3. The lowest BCUT2D eigenvalue weighted by molar-refractivity contribution is -0.0240. The first-order chi connectivity index (χ1) is 8.72.